The van der Waals surface area contributed by atoms with Gasteiger partial charge in [0.05, 0.1) is 0 Å². The summed E-state index contributed by atoms with van der Waals surface area (Å²) in [6.07, 6.45) is -211. The maximum absolute atomic E-state index is 15.1. The molecule has 0 radical (unpaired) electrons. The van der Waals surface area contributed by atoms with E-state index in [4.69, 9.17) is 0 Å². The second-order valence-corrected chi connectivity index (χ2v) is 20.0. The molecule has 10 atom stereocenters. The Hall–Kier alpha value is -6.36. The minimum absolute atomic E-state index is 0.424. The van der Waals surface area contributed by atoms with E-state index in [1.165, 1.54) is 9.78 Å². The molecule has 0 aromatic rings. The van der Waals surface area contributed by atoms with Crippen molar-refractivity contribution in [2.24, 2.45) is 0 Å². The number of ether oxygens (including phenoxy) is 10. The standard InChI is InChI=1S/C36F70O14/c37-3(15(51,52)53,111-29(91,92)7(43,19(63,64)65)115-33(99,100)11(47,23(75,76)77)119-35(103,104)13(49,25(81,82)83)117-31(95,96)9(45,21(69,70)71)113-27(87,88)5(39,40)17(57,58)59)1(107)109-110-2(108)4(38,16(54,55)56)112-30(93,94)8(44,20(66,67)68)116-34(101,102)12(48,24(78,79)80)120-36(105,106)14(50,26(84,85)86)118-32(97,98)10(46,22(72,73)74)114-28(89,90)6(41,42)18(60,61)62. The van der Waals surface area contributed by atoms with Crippen molar-refractivity contribution in [3.8, 4) is 0 Å². The molecule has 0 rings (SSSR count). The molecule has 0 saturated carbocycles. The molecule has 0 aliphatic carbocycles. The molecule has 0 spiro atoms. The molecule has 0 amide bonds. The quantitative estimate of drug-likeness (QED) is 0.0358. The lowest BCUT2D eigenvalue weighted by atomic mass is 10.2. The van der Waals surface area contributed by atoms with Crippen LogP contribution in [0.4, 0.5) is 307 Å². The van der Waals surface area contributed by atoms with Crippen LogP contribution in [0.3, 0.4) is 0 Å². The predicted octanol–water partition coefficient (Wildman–Crippen LogP) is 20.8. The summed E-state index contributed by atoms with van der Waals surface area (Å²) in [4.78, 5) is 26.3. The van der Waals surface area contributed by atoms with E-state index >= 15 is 26.3 Å². The van der Waals surface area contributed by atoms with E-state index in [2.05, 4.69) is 0 Å². The van der Waals surface area contributed by atoms with Crippen LogP contribution in [0.15, 0.2) is 0 Å². The van der Waals surface area contributed by atoms with Crippen LogP contribution >= 0.6 is 0 Å². The molecule has 0 aromatic heterocycles. The summed E-state index contributed by atoms with van der Waals surface area (Å²) >= 11 is 0. The van der Waals surface area contributed by atoms with Gasteiger partial charge in [0.25, 0.3) is 0 Å². The molecule has 718 valence electrons. The van der Waals surface area contributed by atoms with Crippen molar-refractivity contribution in [2.45, 2.75) is 206 Å². The zero-order chi connectivity index (χ0) is 98.6. The van der Waals surface area contributed by atoms with Crippen molar-refractivity contribution in [1.82, 2.24) is 0 Å². The molecule has 0 bridgehead atoms. The van der Waals surface area contributed by atoms with Gasteiger partial charge < -0.3 is 0 Å². The van der Waals surface area contributed by atoms with Crippen molar-refractivity contribution in [1.29, 1.82) is 0 Å². The van der Waals surface area contributed by atoms with E-state index in [1.54, 1.807) is 0 Å². The van der Waals surface area contributed by atoms with E-state index < -0.39 is 218 Å². The van der Waals surface area contributed by atoms with Crippen LogP contribution in [0.5, 0.6) is 0 Å². The third kappa shape index (κ3) is 18.9. The van der Waals surface area contributed by atoms with Crippen LogP contribution in [0.2, 0.25) is 0 Å². The lowest BCUT2D eigenvalue weighted by Crippen LogP contribution is -2.73. The van der Waals surface area contributed by atoms with Gasteiger partial charge in [0.1, 0.15) is 0 Å². The summed E-state index contributed by atoms with van der Waals surface area (Å²) < 4.78 is 976. The van der Waals surface area contributed by atoms with Gasteiger partial charge in [-0.3, -0.25) is 47.4 Å². The van der Waals surface area contributed by atoms with E-state index in [1.807, 2.05) is 0 Å². The molecule has 84 heteroatoms. The van der Waals surface area contributed by atoms with E-state index in [9.17, 15) is 291 Å². The summed E-state index contributed by atoms with van der Waals surface area (Å²) in [5.74, 6) is -129. The highest BCUT2D eigenvalue weighted by Gasteiger charge is 2.96. The van der Waals surface area contributed by atoms with Crippen LogP contribution < -0.4 is 0 Å². The Balaban J connectivity index is 8.53. The minimum Gasteiger partial charge on any atom is -0.263 e. The Bertz CT molecular complexity index is 3330. The van der Waals surface area contributed by atoms with Crippen LogP contribution in [-0.2, 0) is 66.7 Å². The largest absolute Gasteiger partial charge is 0.462 e. The fraction of sp³-hybridized carbons (Fsp3) is 0.944. The molecule has 0 N–H and O–H groups in total. The van der Waals surface area contributed by atoms with Crippen molar-refractivity contribution in [3.05, 3.63) is 0 Å². The monoisotopic (exact) mass is 1990 g/mol. The first kappa shape index (κ1) is 114. The number of hydrogen-bond donors (Lipinski definition) is 0. The zero-order valence-corrected chi connectivity index (χ0v) is 50.2. The van der Waals surface area contributed by atoms with Crippen LogP contribution in [0, 0.1) is 0 Å². The second-order valence-electron chi connectivity index (χ2n) is 20.0. The fourth-order valence-electron chi connectivity index (χ4n) is 5.62. The molecule has 0 heterocycles. The predicted molar refractivity (Wildman–Crippen MR) is 193 cm³/mol. The normalized spacial score (nSPS) is 20.8. The average molecular weight is 1990 g/mol. The second kappa shape index (κ2) is 30.2. The number of hydrogen-bond acceptors (Lipinski definition) is 14. The molecular weight excluding hydrogens is 1990 g/mol. The number of halogens is 70. The van der Waals surface area contributed by atoms with Gasteiger partial charge in [-0.15, -0.1) is 0 Å². The Kier molecular flexibility index (Phi) is 28.6. The molecule has 0 aromatic carbocycles. The number of alkyl halides is 70. The topological polar surface area (TPSA) is 145 Å². The molecule has 0 aliphatic rings. The van der Waals surface area contributed by atoms with Gasteiger partial charge in [0.15, 0.2) is 0 Å². The summed E-state index contributed by atoms with van der Waals surface area (Å²) in [6.45, 7) is 0. The van der Waals surface area contributed by atoms with Gasteiger partial charge in [-0.05, 0) is 0 Å². The SMILES string of the molecule is O=C(OOC(=O)C(F)(OC(F)(F)C(F)(OC(F)(F)C(F)(OC(F)(F)C(F)(OC(F)(F)C(F)(OC(F)(F)C(F)(F)C(F)(F)F)C(F)(F)F)C(F)(F)F)C(F)(F)F)C(F)(F)F)C(F)(F)F)C(F)(OC(F)(F)C(F)(OC(F)(F)C(F)(OC(F)(F)C(F)(OC(F)(F)C(F)(OC(F)(F)C(F)(F)C(F)(F)F)C(F)(F)F)C(F)(F)F)C(F)(F)F)C(F)(F)F)C(F)(F)F. The Morgan fingerprint density at radius 1 is 0.125 bits per heavy atom. The third-order valence-corrected chi connectivity index (χ3v) is 11.5. The van der Waals surface area contributed by atoms with Crippen molar-refractivity contribution in [2.75, 3.05) is 0 Å². The number of rotatable bonds is 32. The molecule has 0 fully saturated rings. The molecule has 10 unspecified atom stereocenters. The molecule has 0 saturated heterocycles. The van der Waals surface area contributed by atoms with Gasteiger partial charge in [-0.25, -0.2) is 19.4 Å². The van der Waals surface area contributed by atoms with Crippen LogP contribution in [0.25, 0.3) is 0 Å². The maximum Gasteiger partial charge on any atom is 0.462 e. The molecule has 14 nitrogen and oxygen atoms in total. The maximum atomic E-state index is 15.1. The first-order valence-corrected chi connectivity index (χ1v) is 24.3. The van der Waals surface area contributed by atoms with Crippen molar-refractivity contribution >= 4 is 11.9 Å². The van der Waals surface area contributed by atoms with Gasteiger partial charge in [-0.2, -0.15) is 307 Å². The summed E-state index contributed by atoms with van der Waals surface area (Å²) in [7, 11) is 0. The minimum atomic E-state index is -10.3. The highest BCUT2D eigenvalue weighted by atomic mass is 19.5. The van der Waals surface area contributed by atoms with Crippen LogP contribution in [-0.4, -0.2) is 218 Å². The Morgan fingerprint density at radius 2 is 0.225 bits per heavy atom. The first-order chi connectivity index (χ1) is 50.6. The van der Waals surface area contributed by atoms with E-state index in [-0.39, 0.29) is 0 Å². The van der Waals surface area contributed by atoms with Crippen LogP contribution in [0.1, 0.15) is 0 Å². The summed E-state index contributed by atoms with van der Waals surface area (Å²) in [6, 6.07) is 0. The summed E-state index contributed by atoms with van der Waals surface area (Å²) in [5, 5.41) is 0. The lowest BCUT2D eigenvalue weighted by Gasteiger charge is -2.44. The summed E-state index contributed by atoms with van der Waals surface area (Å²) in [5.41, 5.74) is 0. The number of carbonyl (C=O) groups excluding carboxylic acids is 2. The lowest BCUT2D eigenvalue weighted by molar-refractivity contribution is -0.600. The fourth-order valence-corrected chi connectivity index (χ4v) is 5.62. The van der Waals surface area contributed by atoms with Crippen molar-refractivity contribution in [3.63, 3.8) is 0 Å². The Morgan fingerprint density at radius 3 is 0.317 bits per heavy atom. The van der Waals surface area contributed by atoms with E-state index in [0.717, 1.165) is 9.47 Å². The average Bonchev–Trinajstić information content (AvgIpc) is 0.708. The highest BCUT2D eigenvalue weighted by Crippen LogP contribution is 2.67. The van der Waals surface area contributed by atoms with Gasteiger partial charge >= 0.3 is 218 Å². The van der Waals surface area contributed by atoms with Gasteiger partial charge in [0.2, 0.25) is 0 Å². The third-order valence-electron chi connectivity index (χ3n) is 11.5. The van der Waals surface area contributed by atoms with Gasteiger partial charge in [-0.1, -0.05) is 0 Å². The molecule has 120 heavy (non-hydrogen) atoms. The van der Waals surface area contributed by atoms with Gasteiger partial charge in [0, 0.05) is 0 Å². The smallest absolute Gasteiger partial charge is 0.263 e. The number of carbonyl (C=O) groups is 2. The van der Waals surface area contributed by atoms with Crippen molar-refractivity contribution < 1.29 is 374 Å². The first-order valence-electron chi connectivity index (χ1n) is 24.3. The Labute approximate surface area is 593 Å². The highest BCUT2D eigenvalue weighted by molar-refractivity contribution is 5.82. The van der Waals surface area contributed by atoms with E-state index in [0.29, 0.717) is 37.9 Å². The zero-order valence-electron chi connectivity index (χ0n) is 50.2. The molecule has 0 aliphatic heterocycles. The molecular formula is C36F70O14.